The van der Waals surface area contributed by atoms with E-state index in [9.17, 15) is 31.6 Å². The van der Waals surface area contributed by atoms with Crippen molar-refractivity contribution in [3.63, 3.8) is 0 Å². The van der Waals surface area contributed by atoms with Crippen LogP contribution in [0, 0.1) is 11.3 Å². The van der Waals surface area contributed by atoms with Crippen molar-refractivity contribution >= 4 is 40.5 Å². The number of aliphatic hydroxyl groups excluding tert-OH is 1. The number of aromatic nitrogens is 5. The highest BCUT2D eigenvalue weighted by Gasteiger charge is 2.38. The van der Waals surface area contributed by atoms with Crippen molar-refractivity contribution < 1.29 is 56.0 Å². The van der Waals surface area contributed by atoms with Gasteiger partial charge in [0.2, 0.25) is 0 Å². The number of carboxylic acids is 2. The molecule has 13 nitrogen and oxygen atoms in total. The largest absolute Gasteiger partial charge is 0.493 e. The number of fused-ring (bicyclic) bond motifs is 1. The van der Waals surface area contributed by atoms with E-state index < -0.39 is 24.3 Å². The van der Waals surface area contributed by atoms with Crippen LogP contribution in [-0.4, -0.2) is 84.3 Å². The van der Waals surface area contributed by atoms with Gasteiger partial charge in [0.15, 0.2) is 11.5 Å². The first-order chi connectivity index (χ1) is 22.0. The minimum absolute atomic E-state index is 0.0191. The summed E-state index contributed by atoms with van der Waals surface area (Å²) in [6.45, 7) is 2.87. The van der Waals surface area contributed by atoms with Crippen LogP contribution >= 0.6 is 11.6 Å². The third kappa shape index (κ3) is 11.0. The maximum atomic E-state index is 10.6. The van der Waals surface area contributed by atoms with Crippen LogP contribution in [0.3, 0.4) is 0 Å². The summed E-state index contributed by atoms with van der Waals surface area (Å²) in [6.07, 6.45) is -4.41. The molecule has 0 bridgehead atoms. The number of hydrogen-bond donors (Lipinski definition) is 5. The van der Waals surface area contributed by atoms with Crippen molar-refractivity contribution in [3.05, 3.63) is 58.9 Å². The number of rotatable bonds is 9. The molecule has 0 aliphatic heterocycles. The Labute approximate surface area is 265 Å². The Morgan fingerprint density at radius 2 is 1.68 bits per heavy atom. The van der Waals surface area contributed by atoms with E-state index in [2.05, 4.69) is 36.3 Å². The molecule has 0 aliphatic carbocycles. The van der Waals surface area contributed by atoms with Gasteiger partial charge in [-0.1, -0.05) is 17.7 Å². The number of nitriles is 1. The number of carbonyl (C=O) groups is 2. The fourth-order valence-electron chi connectivity index (χ4n) is 3.61. The summed E-state index contributed by atoms with van der Waals surface area (Å²) in [4.78, 5) is 37.8. The van der Waals surface area contributed by atoms with Gasteiger partial charge in [-0.05, 0) is 31.0 Å². The van der Waals surface area contributed by atoms with Gasteiger partial charge in [-0.2, -0.15) is 31.6 Å². The summed E-state index contributed by atoms with van der Waals surface area (Å²) < 4.78 is 69.5. The van der Waals surface area contributed by atoms with Crippen molar-refractivity contribution in [1.82, 2.24) is 24.9 Å². The molecule has 0 spiro atoms. The number of anilines is 1. The Morgan fingerprint density at radius 3 is 2.19 bits per heavy atom. The van der Waals surface area contributed by atoms with Crippen LogP contribution in [-0.2, 0) is 22.4 Å². The van der Waals surface area contributed by atoms with E-state index in [1.807, 2.05) is 19.1 Å². The fraction of sp³-hybridized carbons (Fsp3) is 0.296. The number of benzene rings is 1. The number of aromatic amines is 1. The third-order valence-corrected chi connectivity index (χ3v) is 5.88. The SMILES string of the molecule is CCOc1c(CCNc2ncnc3[nH]cnc23)cc(Cl)c(C#N)c1-c1ccc(CCO)nc1.O=C(O)C(F)(F)F.O=C(O)C(F)(F)F. The van der Waals surface area contributed by atoms with Gasteiger partial charge in [-0.25, -0.2) is 24.5 Å². The van der Waals surface area contributed by atoms with Gasteiger partial charge in [-0.15, -0.1) is 0 Å². The second-order valence-corrected chi connectivity index (χ2v) is 9.17. The summed E-state index contributed by atoms with van der Waals surface area (Å²) in [5, 5.41) is 36.8. The first-order valence-electron chi connectivity index (χ1n) is 13.0. The number of alkyl halides is 6. The predicted molar refractivity (Wildman–Crippen MR) is 153 cm³/mol. The standard InChI is InChI=1S/C23H22ClN7O2.2C2HF3O2/c1-2-33-21-14(5-7-26-22-20-23(29-12-28-20)31-13-30-22)9-18(24)17(10-25)19(21)15-3-4-16(6-8-32)27-11-15;2*3-2(4,5)1(6)7/h3-4,9,11-13,32H,2,5-8H2,1H3,(H2,26,28,29,30,31);2*(H,6,7). The van der Waals surface area contributed by atoms with E-state index in [0.717, 1.165) is 16.8 Å². The monoisotopic (exact) mass is 691 g/mol. The number of carboxylic acid groups (broad SMARTS) is 2. The van der Waals surface area contributed by atoms with Crippen LogP contribution in [0.2, 0.25) is 5.02 Å². The van der Waals surface area contributed by atoms with Crippen LogP contribution in [0.4, 0.5) is 32.2 Å². The Morgan fingerprint density at radius 1 is 1.04 bits per heavy atom. The maximum absolute atomic E-state index is 10.6. The molecule has 5 N–H and O–H groups in total. The molecule has 47 heavy (non-hydrogen) atoms. The first kappa shape index (κ1) is 38.0. The molecule has 4 aromatic rings. The predicted octanol–water partition coefficient (Wildman–Crippen LogP) is 4.79. The molecular formula is C27H24ClF6N7O6. The summed E-state index contributed by atoms with van der Waals surface area (Å²) >= 11 is 6.51. The third-order valence-electron chi connectivity index (χ3n) is 5.58. The highest BCUT2D eigenvalue weighted by Crippen LogP contribution is 2.40. The number of pyridine rings is 1. The zero-order valence-corrected chi connectivity index (χ0v) is 24.7. The molecule has 0 saturated carbocycles. The van der Waals surface area contributed by atoms with E-state index in [-0.39, 0.29) is 6.61 Å². The minimum Gasteiger partial charge on any atom is -0.493 e. The molecule has 3 aromatic heterocycles. The van der Waals surface area contributed by atoms with Crippen molar-refractivity contribution in [3.8, 4) is 22.9 Å². The van der Waals surface area contributed by atoms with Gasteiger partial charge in [0.05, 0.1) is 23.5 Å². The van der Waals surface area contributed by atoms with E-state index in [1.54, 1.807) is 18.6 Å². The lowest BCUT2D eigenvalue weighted by Gasteiger charge is -2.18. The zero-order valence-electron chi connectivity index (χ0n) is 23.9. The number of ether oxygens (including phenoxy) is 1. The normalized spacial score (nSPS) is 11.0. The molecule has 4 rings (SSSR count). The number of H-pyrrole nitrogens is 1. The highest BCUT2D eigenvalue weighted by molar-refractivity contribution is 6.32. The average Bonchev–Trinajstić information content (AvgIpc) is 3.48. The van der Waals surface area contributed by atoms with Crippen molar-refractivity contribution in [2.75, 3.05) is 25.1 Å². The number of nitrogens with one attached hydrogen (secondary N) is 2. The summed E-state index contributed by atoms with van der Waals surface area (Å²) in [7, 11) is 0. The molecule has 0 saturated heterocycles. The molecule has 20 heteroatoms. The van der Waals surface area contributed by atoms with Crippen LogP contribution in [0.25, 0.3) is 22.3 Å². The Balaban J connectivity index is 0.000000459. The van der Waals surface area contributed by atoms with Gasteiger partial charge in [0.1, 0.15) is 23.7 Å². The van der Waals surface area contributed by atoms with Crippen LogP contribution in [0.15, 0.2) is 37.1 Å². The lowest BCUT2D eigenvalue weighted by molar-refractivity contribution is -0.193. The van der Waals surface area contributed by atoms with Crippen LogP contribution in [0.1, 0.15) is 23.7 Å². The molecule has 0 unspecified atom stereocenters. The molecule has 0 radical (unpaired) electrons. The smallest absolute Gasteiger partial charge is 0.490 e. The van der Waals surface area contributed by atoms with Gasteiger partial charge in [0.25, 0.3) is 0 Å². The fourth-order valence-corrected chi connectivity index (χ4v) is 3.88. The van der Waals surface area contributed by atoms with E-state index >= 15 is 0 Å². The van der Waals surface area contributed by atoms with Gasteiger partial charge < -0.3 is 30.4 Å². The lowest BCUT2D eigenvalue weighted by atomic mass is 9.95. The number of hydrogen-bond acceptors (Lipinski definition) is 10. The molecule has 3 heterocycles. The number of aliphatic carboxylic acids is 2. The average molecular weight is 692 g/mol. The quantitative estimate of drug-likeness (QED) is 0.150. The number of halogens is 7. The number of nitrogens with zero attached hydrogens (tertiary/aromatic N) is 5. The van der Waals surface area contributed by atoms with Crippen LogP contribution in [0.5, 0.6) is 5.75 Å². The van der Waals surface area contributed by atoms with E-state index in [0.29, 0.717) is 64.9 Å². The Kier molecular flexibility index (Phi) is 13.7. The highest BCUT2D eigenvalue weighted by atomic mass is 35.5. The molecule has 0 aliphatic rings. The molecule has 0 amide bonds. The molecule has 1 aromatic carbocycles. The van der Waals surface area contributed by atoms with Gasteiger partial charge in [-0.3, -0.25) is 4.98 Å². The second-order valence-electron chi connectivity index (χ2n) is 8.76. The zero-order chi connectivity index (χ0) is 35.4. The Bertz CT molecular complexity index is 1690. The molecule has 252 valence electrons. The lowest BCUT2D eigenvalue weighted by Crippen LogP contribution is -2.21. The van der Waals surface area contributed by atoms with Crippen molar-refractivity contribution in [1.29, 1.82) is 5.26 Å². The molecule has 0 fully saturated rings. The molecule has 0 atom stereocenters. The summed E-state index contributed by atoms with van der Waals surface area (Å²) in [5.74, 6) is -4.28. The second kappa shape index (κ2) is 16.9. The van der Waals surface area contributed by atoms with Crippen LogP contribution < -0.4 is 10.1 Å². The summed E-state index contributed by atoms with van der Waals surface area (Å²) in [6, 6.07) is 7.67. The number of aliphatic hydroxyl groups is 1. The first-order valence-corrected chi connectivity index (χ1v) is 13.3. The summed E-state index contributed by atoms with van der Waals surface area (Å²) in [5.41, 5.74) is 4.61. The van der Waals surface area contributed by atoms with Gasteiger partial charge >= 0.3 is 24.3 Å². The molecular weight excluding hydrogens is 668 g/mol. The van der Waals surface area contributed by atoms with Gasteiger partial charge in [0, 0.05) is 42.6 Å². The van der Waals surface area contributed by atoms with Crippen molar-refractivity contribution in [2.24, 2.45) is 0 Å². The van der Waals surface area contributed by atoms with E-state index in [1.165, 1.54) is 6.33 Å². The number of imidazole rings is 1. The topological polar surface area (TPSA) is 207 Å². The van der Waals surface area contributed by atoms with E-state index in [4.69, 9.17) is 41.2 Å². The maximum Gasteiger partial charge on any atom is 0.490 e. The minimum atomic E-state index is -5.08. The van der Waals surface area contributed by atoms with Crippen molar-refractivity contribution in [2.45, 2.75) is 32.1 Å². The Hall–Kier alpha value is -5.22.